The summed E-state index contributed by atoms with van der Waals surface area (Å²) in [6.45, 7) is 1.74. The van der Waals surface area contributed by atoms with Gasteiger partial charge in [-0.2, -0.15) is 4.98 Å². The molecule has 94 valence electrons. The molecule has 2 N–H and O–H groups in total. The van der Waals surface area contributed by atoms with Gasteiger partial charge in [0.2, 0.25) is 0 Å². The third-order valence-corrected chi connectivity index (χ3v) is 2.95. The van der Waals surface area contributed by atoms with Gasteiger partial charge in [0.1, 0.15) is 6.10 Å². The minimum atomic E-state index is -0.429. The molecule has 2 aromatic rings. The molecule has 1 aromatic carbocycles. The van der Waals surface area contributed by atoms with E-state index in [1.807, 2.05) is 0 Å². The second kappa shape index (κ2) is 4.26. The first-order chi connectivity index (χ1) is 8.72. The maximum Gasteiger partial charge on any atom is 0.294 e. The molecule has 0 spiro atoms. The second-order valence-electron chi connectivity index (χ2n) is 4.23. The predicted octanol–water partition coefficient (Wildman–Crippen LogP) is 1.21. The van der Waals surface area contributed by atoms with Crippen molar-refractivity contribution in [2.75, 3.05) is 13.1 Å². The molecule has 0 radical (unpaired) electrons. The number of rotatable bonds is 3. The molecule has 1 aliphatic heterocycles. The van der Waals surface area contributed by atoms with Gasteiger partial charge in [0.05, 0.1) is 16.0 Å². The van der Waals surface area contributed by atoms with Crippen LogP contribution < -0.4 is 10.1 Å². The van der Waals surface area contributed by atoms with Crippen LogP contribution in [0, 0.1) is 10.1 Å². The lowest BCUT2D eigenvalue weighted by atomic mass is 10.3. The van der Waals surface area contributed by atoms with Crippen LogP contribution in [0.25, 0.3) is 11.0 Å². The van der Waals surface area contributed by atoms with Gasteiger partial charge in [0.25, 0.3) is 11.7 Å². The number of H-pyrrole nitrogens is 1. The highest BCUT2D eigenvalue weighted by Gasteiger charge is 2.18. The minimum absolute atomic E-state index is 0.0419. The highest BCUT2D eigenvalue weighted by Crippen LogP contribution is 2.22. The van der Waals surface area contributed by atoms with Crippen LogP contribution in [-0.2, 0) is 0 Å². The van der Waals surface area contributed by atoms with Crippen LogP contribution in [0.2, 0.25) is 0 Å². The SMILES string of the molecule is O=[N+]([O-])c1ccc2nc(OC3CCNC3)[nH]c2c1. The zero-order valence-electron chi connectivity index (χ0n) is 9.55. The van der Waals surface area contributed by atoms with E-state index in [0.717, 1.165) is 19.5 Å². The fourth-order valence-corrected chi connectivity index (χ4v) is 2.03. The molecule has 18 heavy (non-hydrogen) atoms. The lowest BCUT2D eigenvalue weighted by Crippen LogP contribution is -2.20. The summed E-state index contributed by atoms with van der Waals surface area (Å²) in [5.74, 6) is 0. The molecule has 1 aliphatic rings. The molecular weight excluding hydrogens is 236 g/mol. The number of ether oxygens (including phenoxy) is 1. The molecule has 0 saturated carbocycles. The van der Waals surface area contributed by atoms with Gasteiger partial charge in [0, 0.05) is 18.7 Å². The molecule has 1 unspecified atom stereocenters. The number of hydrogen-bond acceptors (Lipinski definition) is 5. The van der Waals surface area contributed by atoms with Gasteiger partial charge in [0.15, 0.2) is 0 Å². The highest BCUT2D eigenvalue weighted by molar-refractivity contribution is 5.78. The number of fused-ring (bicyclic) bond motifs is 1. The van der Waals surface area contributed by atoms with Crippen molar-refractivity contribution in [2.45, 2.75) is 12.5 Å². The van der Waals surface area contributed by atoms with E-state index in [1.165, 1.54) is 12.1 Å². The summed E-state index contributed by atoms with van der Waals surface area (Å²) >= 11 is 0. The van der Waals surface area contributed by atoms with Crippen molar-refractivity contribution < 1.29 is 9.66 Å². The standard InChI is InChI=1S/C11H12N4O3/c16-15(17)7-1-2-9-10(5-7)14-11(13-9)18-8-3-4-12-6-8/h1-2,5,8,12H,3-4,6H2,(H,13,14). The Morgan fingerprint density at radius 3 is 3.11 bits per heavy atom. The Hall–Kier alpha value is -2.15. The quantitative estimate of drug-likeness (QED) is 0.629. The maximum atomic E-state index is 10.7. The van der Waals surface area contributed by atoms with Crippen molar-refractivity contribution in [1.29, 1.82) is 0 Å². The van der Waals surface area contributed by atoms with E-state index in [-0.39, 0.29) is 11.8 Å². The van der Waals surface area contributed by atoms with Gasteiger partial charge in [-0.05, 0) is 19.0 Å². The molecule has 1 atom stereocenters. The van der Waals surface area contributed by atoms with Gasteiger partial charge >= 0.3 is 0 Å². The number of nitro groups is 1. The summed E-state index contributed by atoms with van der Waals surface area (Å²) in [5.41, 5.74) is 1.33. The average Bonchev–Trinajstić information content (AvgIpc) is 2.96. The van der Waals surface area contributed by atoms with E-state index in [2.05, 4.69) is 15.3 Å². The third-order valence-electron chi connectivity index (χ3n) is 2.95. The lowest BCUT2D eigenvalue weighted by molar-refractivity contribution is -0.384. The molecule has 7 nitrogen and oxygen atoms in total. The molecule has 0 aliphatic carbocycles. The molecule has 0 bridgehead atoms. The largest absolute Gasteiger partial charge is 0.460 e. The Balaban J connectivity index is 1.87. The summed E-state index contributed by atoms with van der Waals surface area (Å²) in [4.78, 5) is 17.4. The first kappa shape index (κ1) is 11.0. The monoisotopic (exact) mass is 248 g/mol. The number of imidazole rings is 1. The van der Waals surface area contributed by atoms with E-state index in [1.54, 1.807) is 6.07 Å². The number of hydrogen-bond donors (Lipinski definition) is 2. The normalized spacial score (nSPS) is 19.2. The summed E-state index contributed by atoms with van der Waals surface area (Å²) in [7, 11) is 0. The number of nitrogens with one attached hydrogen (secondary N) is 2. The molecule has 1 saturated heterocycles. The van der Waals surface area contributed by atoms with E-state index < -0.39 is 4.92 Å². The number of non-ortho nitro benzene ring substituents is 1. The Morgan fingerprint density at radius 1 is 1.50 bits per heavy atom. The molecular formula is C11H12N4O3. The van der Waals surface area contributed by atoms with Crippen LogP contribution in [-0.4, -0.2) is 34.1 Å². The summed E-state index contributed by atoms with van der Waals surface area (Å²) < 4.78 is 5.66. The van der Waals surface area contributed by atoms with Crippen molar-refractivity contribution in [3.05, 3.63) is 28.3 Å². The van der Waals surface area contributed by atoms with E-state index in [0.29, 0.717) is 17.0 Å². The first-order valence-electron chi connectivity index (χ1n) is 5.74. The number of benzene rings is 1. The Morgan fingerprint density at radius 2 is 2.39 bits per heavy atom. The summed E-state index contributed by atoms with van der Waals surface area (Å²) in [6, 6.07) is 4.93. The summed E-state index contributed by atoms with van der Waals surface area (Å²) in [6.07, 6.45) is 1.05. The van der Waals surface area contributed by atoms with Gasteiger partial charge in [-0.3, -0.25) is 10.1 Å². The van der Waals surface area contributed by atoms with Crippen LogP contribution in [0.3, 0.4) is 0 Å². The van der Waals surface area contributed by atoms with E-state index in [4.69, 9.17) is 4.74 Å². The summed E-state index contributed by atoms with van der Waals surface area (Å²) in [5, 5.41) is 13.9. The fourth-order valence-electron chi connectivity index (χ4n) is 2.03. The lowest BCUT2D eigenvalue weighted by Gasteiger charge is -2.07. The van der Waals surface area contributed by atoms with Crippen molar-refractivity contribution in [3.8, 4) is 6.01 Å². The Bertz CT molecular complexity index is 589. The van der Waals surface area contributed by atoms with Crippen LogP contribution >= 0.6 is 0 Å². The third kappa shape index (κ3) is 2.00. The van der Waals surface area contributed by atoms with Gasteiger partial charge < -0.3 is 15.0 Å². The van der Waals surface area contributed by atoms with Crippen molar-refractivity contribution in [1.82, 2.24) is 15.3 Å². The molecule has 0 amide bonds. The zero-order valence-corrected chi connectivity index (χ0v) is 9.55. The molecule has 1 aromatic heterocycles. The van der Waals surface area contributed by atoms with E-state index >= 15 is 0 Å². The van der Waals surface area contributed by atoms with Crippen molar-refractivity contribution in [3.63, 3.8) is 0 Å². The average molecular weight is 248 g/mol. The van der Waals surface area contributed by atoms with Gasteiger partial charge in [-0.25, -0.2) is 0 Å². The molecule has 7 heteroatoms. The maximum absolute atomic E-state index is 10.7. The smallest absolute Gasteiger partial charge is 0.294 e. The fraction of sp³-hybridized carbons (Fsp3) is 0.364. The minimum Gasteiger partial charge on any atom is -0.460 e. The van der Waals surface area contributed by atoms with Crippen LogP contribution in [0.15, 0.2) is 18.2 Å². The van der Waals surface area contributed by atoms with Crippen LogP contribution in [0.4, 0.5) is 5.69 Å². The van der Waals surface area contributed by atoms with Gasteiger partial charge in [-0.15, -0.1) is 0 Å². The number of aromatic nitrogens is 2. The topological polar surface area (TPSA) is 93.1 Å². The van der Waals surface area contributed by atoms with E-state index in [9.17, 15) is 10.1 Å². The molecule has 3 rings (SSSR count). The number of aromatic amines is 1. The first-order valence-corrected chi connectivity index (χ1v) is 5.74. The van der Waals surface area contributed by atoms with Gasteiger partial charge in [-0.1, -0.05) is 0 Å². The van der Waals surface area contributed by atoms with Crippen molar-refractivity contribution >= 4 is 16.7 Å². The van der Waals surface area contributed by atoms with Crippen LogP contribution in [0.1, 0.15) is 6.42 Å². The predicted molar refractivity (Wildman–Crippen MR) is 64.7 cm³/mol. The Labute approximate surface area is 102 Å². The number of nitro benzene ring substituents is 1. The second-order valence-corrected chi connectivity index (χ2v) is 4.23. The van der Waals surface area contributed by atoms with Crippen molar-refractivity contribution in [2.24, 2.45) is 0 Å². The Kier molecular flexibility index (Phi) is 2.60. The highest BCUT2D eigenvalue weighted by atomic mass is 16.6. The zero-order chi connectivity index (χ0) is 12.5. The number of nitrogens with zero attached hydrogens (tertiary/aromatic N) is 2. The molecule has 2 heterocycles. The van der Waals surface area contributed by atoms with Crippen LogP contribution in [0.5, 0.6) is 6.01 Å². The molecule has 1 fully saturated rings.